The molecule has 0 radical (unpaired) electrons. The molecule has 92 heavy (non-hydrogen) atoms. The van der Waals surface area contributed by atoms with Crippen LogP contribution >= 0.6 is 11.3 Å². The van der Waals surface area contributed by atoms with Crippen molar-refractivity contribution in [2.24, 2.45) is 0 Å². The summed E-state index contributed by atoms with van der Waals surface area (Å²) in [6.07, 6.45) is 2.27. The molecule has 12 aromatic carbocycles. The molecule has 0 saturated carbocycles. The van der Waals surface area contributed by atoms with Crippen molar-refractivity contribution in [1.82, 2.24) is 13.7 Å². The smallest absolute Gasteiger partial charge is 0.264 e. The molecule has 440 valence electrons. The number of benzene rings is 12. The van der Waals surface area contributed by atoms with Gasteiger partial charge in [0.2, 0.25) is 0 Å². The van der Waals surface area contributed by atoms with Gasteiger partial charge in [-0.05, 0) is 169 Å². The first-order valence-corrected chi connectivity index (χ1v) is 33.6. The fourth-order valence-corrected chi connectivity index (χ4v) is 18.1. The van der Waals surface area contributed by atoms with Crippen LogP contribution in [-0.2, 0) is 16.2 Å². The molecule has 2 aliphatic heterocycles. The van der Waals surface area contributed by atoms with E-state index in [4.69, 9.17) is 0 Å². The number of fused-ring (bicyclic) bond motifs is 16. The molecule has 4 aromatic heterocycles. The molecule has 0 saturated heterocycles. The highest BCUT2D eigenvalue weighted by atomic mass is 32.1. The maximum atomic E-state index is 2.77. The van der Waals surface area contributed by atoms with E-state index in [1.807, 2.05) is 11.3 Å². The summed E-state index contributed by atoms with van der Waals surface area (Å²) in [7, 11) is 0. The number of anilines is 3. The van der Waals surface area contributed by atoms with Gasteiger partial charge in [0.25, 0.3) is 6.71 Å². The summed E-state index contributed by atoms with van der Waals surface area (Å²) in [5, 5.41) is 8.83. The van der Waals surface area contributed by atoms with Crippen molar-refractivity contribution in [2.75, 3.05) is 4.90 Å². The van der Waals surface area contributed by atoms with E-state index in [1.165, 1.54) is 164 Å². The van der Waals surface area contributed by atoms with Crippen LogP contribution in [0, 0.1) is 0 Å². The second-order valence-electron chi connectivity index (χ2n) is 28.6. The molecule has 4 nitrogen and oxygen atoms in total. The standard InChI is InChI=1S/C86H67BN4S/c1-84(2,3)57-37-44-75-64(49-57)81-83(92-75)87-67-33-22-32-61-78-74(51-73-77(76(78)54-27-16-10-17-28-54)60-31-20-21-34-68(60)88(73)58-29-18-11-19-30-58)91(80(61)67)71-42-43-72(82(79(71)87)89(81)59-38-39-65-66(50-59)86(6,7)46-45-85(65,4)5)90-69-40-35-55(52-23-12-8-13-24-52)47-62(69)63-48-56(36-41-70(63)90)53-25-14-9-15-26-53/h8-44,47-51H,45-46H2,1-7H3. The summed E-state index contributed by atoms with van der Waals surface area (Å²) < 4.78 is 10.5. The summed E-state index contributed by atoms with van der Waals surface area (Å²) in [6, 6.07) is 97.4. The topological polar surface area (TPSA) is 18.0 Å². The van der Waals surface area contributed by atoms with Gasteiger partial charge in [-0.1, -0.05) is 218 Å². The molecular weight excluding hydrogens is 1130 g/mol. The van der Waals surface area contributed by atoms with E-state index in [-0.39, 0.29) is 23.0 Å². The Morgan fingerprint density at radius 3 is 1.64 bits per heavy atom. The van der Waals surface area contributed by atoms with Gasteiger partial charge in [0.15, 0.2) is 0 Å². The summed E-state index contributed by atoms with van der Waals surface area (Å²) in [5.74, 6) is 0. The lowest BCUT2D eigenvalue weighted by molar-refractivity contribution is 0.332. The Morgan fingerprint density at radius 2 is 0.967 bits per heavy atom. The zero-order chi connectivity index (χ0) is 61.7. The van der Waals surface area contributed by atoms with E-state index in [0.717, 1.165) is 24.2 Å². The summed E-state index contributed by atoms with van der Waals surface area (Å²) in [6.45, 7) is 16.9. The van der Waals surface area contributed by atoms with Crippen LogP contribution in [0.25, 0.3) is 126 Å². The van der Waals surface area contributed by atoms with Gasteiger partial charge in [-0.2, -0.15) is 0 Å². The number of thiophene rings is 1. The highest BCUT2D eigenvalue weighted by Crippen LogP contribution is 2.55. The molecule has 0 unspecified atom stereocenters. The number of aromatic nitrogens is 3. The van der Waals surface area contributed by atoms with Crippen LogP contribution in [0.5, 0.6) is 0 Å². The minimum Gasteiger partial charge on any atom is -0.310 e. The first kappa shape index (κ1) is 53.7. The predicted molar refractivity (Wildman–Crippen MR) is 394 cm³/mol. The molecule has 19 rings (SSSR count). The van der Waals surface area contributed by atoms with Crippen LogP contribution < -0.4 is 20.6 Å². The van der Waals surface area contributed by atoms with Gasteiger partial charge < -0.3 is 18.6 Å². The van der Waals surface area contributed by atoms with Crippen LogP contribution in [0.1, 0.15) is 78.0 Å². The average molecular weight is 1200 g/mol. The van der Waals surface area contributed by atoms with Crippen molar-refractivity contribution in [3.8, 4) is 50.4 Å². The molecule has 3 aliphatic rings. The van der Waals surface area contributed by atoms with Gasteiger partial charge in [0, 0.05) is 75.3 Å². The molecule has 0 bridgehead atoms. The van der Waals surface area contributed by atoms with Crippen LogP contribution in [0.4, 0.5) is 17.1 Å². The first-order chi connectivity index (χ1) is 44.8. The second kappa shape index (κ2) is 19.2. The Hall–Kier alpha value is -10.1. The maximum absolute atomic E-state index is 2.77. The lowest BCUT2D eigenvalue weighted by Crippen LogP contribution is -2.59. The Bertz CT molecular complexity index is 5700. The van der Waals surface area contributed by atoms with Gasteiger partial charge in [0.05, 0.1) is 44.6 Å². The Kier molecular flexibility index (Phi) is 11.2. The van der Waals surface area contributed by atoms with Crippen LogP contribution in [0.15, 0.2) is 255 Å². The zero-order valence-electron chi connectivity index (χ0n) is 52.9. The summed E-state index contributed by atoms with van der Waals surface area (Å²) >= 11 is 2.00. The van der Waals surface area contributed by atoms with Gasteiger partial charge in [0.1, 0.15) is 0 Å². The van der Waals surface area contributed by atoms with Crippen molar-refractivity contribution >= 4 is 126 Å². The number of nitrogens with zero attached hydrogens (tertiary/aromatic N) is 4. The third-order valence-electron chi connectivity index (χ3n) is 21.4. The molecule has 1 aliphatic carbocycles. The van der Waals surface area contributed by atoms with Crippen molar-refractivity contribution in [3.05, 3.63) is 271 Å². The average Bonchev–Trinajstić information content (AvgIpc) is 1.45. The third kappa shape index (κ3) is 7.53. The lowest BCUT2D eigenvalue weighted by atomic mass is 9.36. The van der Waals surface area contributed by atoms with Crippen molar-refractivity contribution in [1.29, 1.82) is 0 Å². The van der Waals surface area contributed by atoms with E-state index >= 15 is 0 Å². The fraction of sp³-hybridized carbons (Fsp3) is 0.140. The van der Waals surface area contributed by atoms with E-state index in [1.54, 1.807) is 0 Å². The Labute approximate surface area is 541 Å². The largest absolute Gasteiger partial charge is 0.310 e. The molecule has 0 atom stereocenters. The SMILES string of the molecule is CC(C)(C)c1ccc2sc3c(c2c1)N(c1ccc2c(c1)C(C)(C)CCC2(C)C)c1c(-n2c4ccc(-c5ccccc5)cc4c4cc(-c5ccccc5)ccc42)ccc2c1B3c1cccc3c4c(-c5ccccc5)c5c6ccccc6n(-c6ccccc6)c5cc4n-2c13. The van der Waals surface area contributed by atoms with Gasteiger partial charge in [-0.15, -0.1) is 11.3 Å². The highest BCUT2D eigenvalue weighted by molar-refractivity contribution is 7.33. The minimum atomic E-state index is -0.105. The first-order valence-electron chi connectivity index (χ1n) is 32.8. The maximum Gasteiger partial charge on any atom is 0.264 e. The van der Waals surface area contributed by atoms with Gasteiger partial charge in [-0.3, -0.25) is 0 Å². The summed E-state index contributed by atoms with van der Waals surface area (Å²) in [4.78, 5) is 2.77. The fourth-order valence-electron chi connectivity index (χ4n) is 16.8. The molecule has 0 amide bonds. The normalized spacial score (nSPS) is 14.7. The number of rotatable bonds is 6. The molecule has 6 heterocycles. The summed E-state index contributed by atoms with van der Waals surface area (Å²) in [5.41, 5.74) is 28.6. The zero-order valence-corrected chi connectivity index (χ0v) is 53.8. The second-order valence-corrected chi connectivity index (χ2v) is 29.7. The minimum absolute atomic E-state index is 0.0323. The van der Waals surface area contributed by atoms with Crippen LogP contribution in [0.3, 0.4) is 0 Å². The molecule has 0 fully saturated rings. The third-order valence-corrected chi connectivity index (χ3v) is 22.6. The monoisotopic (exact) mass is 1200 g/mol. The Balaban J connectivity index is 1.01. The molecule has 16 aromatic rings. The van der Waals surface area contributed by atoms with Crippen molar-refractivity contribution in [3.63, 3.8) is 0 Å². The Morgan fingerprint density at radius 1 is 0.391 bits per heavy atom. The molecule has 6 heteroatoms. The van der Waals surface area contributed by atoms with Crippen molar-refractivity contribution in [2.45, 2.75) is 77.6 Å². The number of hydrogen-bond acceptors (Lipinski definition) is 2. The van der Waals surface area contributed by atoms with Gasteiger partial charge in [-0.25, -0.2) is 0 Å². The lowest BCUT2D eigenvalue weighted by Gasteiger charge is -2.44. The van der Waals surface area contributed by atoms with E-state index in [2.05, 4.69) is 322 Å². The van der Waals surface area contributed by atoms with E-state index in [9.17, 15) is 0 Å². The van der Waals surface area contributed by atoms with E-state index < -0.39 is 0 Å². The molecule has 0 N–H and O–H groups in total. The molecular formula is C86H67BN4S. The predicted octanol–water partition coefficient (Wildman–Crippen LogP) is 21.5. The quantitative estimate of drug-likeness (QED) is 0.152. The highest BCUT2D eigenvalue weighted by Gasteiger charge is 2.47. The van der Waals surface area contributed by atoms with Gasteiger partial charge >= 0.3 is 0 Å². The number of para-hydroxylation sites is 3. The molecule has 0 spiro atoms. The van der Waals surface area contributed by atoms with Crippen LogP contribution in [0.2, 0.25) is 0 Å². The number of hydrogen-bond donors (Lipinski definition) is 0. The van der Waals surface area contributed by atoms with Crippen molar-refractivity contribution < 1.29 is 0 Å². The van der Waals surface area contributed by atoms with Crippen LogP contribution in [-0.4, -0.2) is 20.4 Å². The van der Waals surface area contributed by atoms with E-state index in [0.29, 0.717) is 0 Å².